The normalized spacial score (nSPS) is 13.5. The molecule has 0 aliphatic carbocycles. The Balaban J connectivity index is 1.32. The summed E-state index contributed by atoms with van der Waals surface area (Å²) in [6.07, 6.45) is 4.74. The van der Waals surface area contributed by atoms with Gasteiger partial charge >= 0.3 is 0 Å². The summed E-state index contributed by atoms with van der Waals surface area (Å²) in [5, 5.41) is 15.3. The van der Waals surface area contributed by atoms with E-state index >= 15 is 4.39 Å². The Labute approximate surface area is 248 Å². The SMILES string of the molecule is CCCCc1ccccc1C(=O)Nc1cccc(-c2c[nH]c(=O)c(Nc3ccc(C(=O)N4CCC(O)CC4)cc3)n2)c1F. The van der Waals surface area contributed by atoms with Crippen LogP contribution in [0.15, 0.2) is 77.7 Å². The summed E-state index contributed by atoms with van der Waals surface area (Å²) in [5.41, 5.74) is 2.16. The highest BCUT2D eigenvalue weighted by atomic mass is 19.1. The number of aliphatic hydroxyl groups excluding tert-OH is 1. The number of rotatable bonds is 9. The largest absolute Gasteiger partial charge is 0.393 e. The second kappa shape index (κ2) is 13.4. The number of halogens is 1. The molecular weight excluding hydrogens is 549 g/mol. The lowest BCUT2D eigenvalue weighted by atomic mass is 10.0. The monoisotopic (exact) mass is 583 g/mol. The zero-order valence-electron chi connectivity index (χ0n) is 23.9. The summed E-state index contributed by atoms with van der Waals surface area (Å²) in [7, 11) is 0. The zero-order valence-corrected chi connectivity index (χ0v) is 23.9. The summed E-state index contributed by atoms with van der Waals surface area (Å²) >= 11 is 0. The number of hydrogen-bond acceptors (Lipinski definition) is 6. The highest BCUT2D eigenvalue weighted by molar-refractivity contribution is 6.05. The van der Waals surface area contributed by atoms with E-state index in [2.05, 4.69) is 27.5 Å². The molecule has 1 aromatic heterocycles. The Morgan fingerprint density at radius 2 is 1.79 bits per heavy atom. The van der Waals surface area contributed by atoms with Crippen LogP contribution in [-0.2, 0) is 6.42 Å². The van der Waals surface area contributed by atoms with Gasteiger partial charge in [-0.25, -0.2) is 9.37 Å². The molecular formula is C33H34FN5O4. The van der Waals surface area contributed by atoms with Crippen molar-refractivity contribution < 1.29 is 19.1 Å². The van der Waals surface area contributed by atoms with Gasteiger partial charge in [0.05, 0.1) is 17.5 Å². The van der Waals surface area contributed by atoms with Crippen LogP contribution in [-0.4, -0.2) is 51.0 Å². The minimum absolute atomic E-state index is 0.00113. The number of anilines is 3. The van der Waals surface area contributed by atoms with Gasteiger partial charge in [0.1, 0.15) is 0 Å². The van der Waals surface area contributed by atoms with E-state index < -0.39 is 17.3 Å². The Morgan fingerprint density at radius 3 is 2.53 bits per heavy atom. The predicted octanol–water partition coefficient (Wildman–Crippen LogP) is 5.51. The van der Waals surface area contributed by atoms with Crippen molar-refractivity contribution >= 4 is 29.0 Å². The van der Waals surface area contributed by atoms with E-state index in [9.17, 15) is 19.5 Å². The Bertz CT molecular complexity index is 1660. The van der Waals surface area contributed by atoms with Gasteiger partial charge in [0, 0.05) is 41.7 Å². The van der Waals surface area contributed by atoms with Crippen molar-refractivity contribution in [3.05, 3.63) is 106 Å². The average Bonchev–Trinajstić information content (AvgIpc) is 3.02. The first kappa shape index (κ1) is 29.7. The topological polar surface area (TPSA) is 127 Å². The molecule has 0 radical (unpaired) electrons. The lowest BCUT2D eigenvalue weighted by Gasteiger charge is -2.29. The third-order valence-electron chi connectivity index (χ3n) is 7.52. The molecule has 5 rings (SSSR count). The van der Waals surface area contributed by atoms with Crippen LogP contribution in [0, 0.1) is 5.82 Å². The fraction of sp³-hybridized carbons (Fsp3) is 0.273. The van der Waals surface area contributed by atoms with Crippen LogP contribution in [0.25, 0.3) is 11.3 Å². The van der Waals surface area contributed by atoms with Gasteiger partial charge in [-0.2, -0.15) is 0 Å². The standard InChI is InChI=1S/C33H34FN5O4/c1-2-3-7-21-8-4-5-9-25(21)31(41)38-27-11-6-10-26(29(27)34)28-20-35-32(42)30(37-28)36-23-14-12-22(13-15-23)33(43)39-18-16-24(40)17-19-39/h4-6,8-15,20,24,40H,2-3,7,16-19H2,1H3,(H,35,42)(H,36,37)(H,38,41). The third-order valence-corrected chi connectivity index (χ3v) is 7.52. The van der Waals surface area contributed by atoms with Crippen molar-refractivity contribution in [2.75, 3.05) is 23.7 Å². The molecule has 1 saturated heterocycles. The molecule has 0 unspecified atom stereocenters. The van der Waals surface area contributed by atoms with Crippen molar-refractivity contribution in [3.63, 3.8) is 0 Å². The minimum Gasteiger partial charge on any atom is -0.393 e. The number of H-pyrrole nitrogens is 1. The van der Waals surface area contributed by atoms with Gasteiger partial charge < -0.3 is 25.6 Å². The molecule has 4 aromatic rings. The number of nitrogens with zero attached hydrogens (tertiary/aromatic N) is 2. The van der Waals surface area contributed by atoms with Crippen molar-refractivity contribution in [2.45, 2.75) is 45.1 Å². The molecule has 1 aliphatic heterocycles. The maximum Gasteiger partial charge on any atom is 0.291 e. The number of likely N-dealkylation sites (tertiary alicyclic amines) is 1. The molecule has 0 spiro atoms. The summed E-state index contributed by atoms with van der Waals surface area (Å²) in [4.78, 5) is 47.1. The number of aromatic nitrogens is 2. The van der Waals surface area contributed by atoms with Gasteiger partial charge in [-0.05, 0) is 73.7 Å². The van der Waals surface area contributed by atoms with E-state index in [4.69, 9.17) is 0 Å². The summed E-state index contributed by atoms with van der Waals surface area (Å²) in [6.45, 7) is 3.08. The van der Waals surface area contributed by atoms with Crippen LogP contribution in [0.4, 0.5) is 21.6 Å². The highest BCUT2D eigenvalue weighted by Gasteiger charge is 2.22. The average molecular weight is 584 g/mol. The molecule has 4 N–H and O–H groups in total. The van der Waals surface area contributed by atoms with Crippen molar-refractivity contribution in [1.82, 2.24) is 14.9 Å². The van der Waals surface area contributed by atoms with E-state index in [1.807, 2.05) is 12.1 Å². The van der Waals surface area contributed by atoms with Gasteiger partial charge in [0.2, 0.25) is 0 Å². The number of piperidine rings is 1. The number of aromatic amines is 1. The molecule has 1 aliphatic rings. The Morgan fingerprint density at radius 1 is 1.05 bits per heavy atom. The Kier molecular flexibility index (Phi) is 9.26. The van der Waals surface area contributed by atoms with E-state index in [1.165, 1.54) is 18.3 Å². The van der Waals surface area contributed by atoms with E-state index in [0.29, 0.717) is 42.7 Å². The number of unbranched alkanes of at least 4 members (excludes halogenated alkanes) is 1. The van der Waals surface area contributed by atoms with Crippen LogP contribution in [0.5, 0.6) is 0 Å². The lowest BCUT2D eigenvalue weighted by Crippen LogP contribution is -2.40. The Hall–Kier alpha value is -4.83. The number of carbonyl (C=O) groups is 2. The zero-order chi connectivity index (χ0) is 30.3. The van der Waals surface area contributed by atoms with Gasteiger partial charge in [0.15, 0.2) is 11.6 Å². The molecule has 0 atom stereocenters. The molecule has 3 aromatic carbocycles. The first-order valence-electron chi connectivity index (χ1n) is 14.5. The number of benzene rings is 3. The van der Waals surface area contributed by atoms with Crippen LogP contribution in [0.2, 0.25) is 0 Å². The molecule has 222 valence electrons. The summed E-state index contributed by atoms with van der Waals surface area (Å²) < 4.78 is 15.7. The smallest absolute Gasteiger partial charge is 0.291 e. The van der Waals surface area contributed by atoms with Crippen LogP contribution in [0.3, 0.4) is 0 Å². The van der Waals surface area contributed by atoms with Crippen LogP contribution < -0.4 is 16.2 Å². The van der Waals surface area contributed by atoms with Crippen molar-refractivity contribution in [1.29, 1.82) is 0 Å². The molecule has 9 nitrogen and oxygen atoms in total. The number of amides is 2. The van der Waals surface area contributed by atoms with Crippen LogP contribution in [0.1, 0.15) is 58.9 Å². The number of nitrogens with one attached hydrogen (secondary N) is 3. The fourth-order valence-corrected chi connectivity index (χ4v) is 5.06. The predicted molar refractivity (Wildman–Crippen MR) is 164 cm³/mol. The second-order valence-electron chi connectivity index (χ2n) is 10.6. The maximum atomic E-state index is 15.7. The molecule has 0 bridgehead atoms. The van der Waals surface area contributed by atoms with Gasteiger partial charge in [-0.3, -0.25) is 14.4 Å². The van der Waals surface area contributed by atoms with Gasteiger partial charge in [0.25, 0.3) is 17.4 Å². The molecule has 10 heteroatoms. The van der Waals surface area contributed by atoms with Gasteiger partial charge in [-0.15, -0.1) is 0 Å². The number of carbonyl (C=O) groups excluding carboxylic acids is 2. The quantitative estimate of drug-likeness (QED) is 0.206. The number of aliphatic hydroxyl groups is 1. The molecule has 1 fully saturated rings. The molecule has 2 heterocycles. The molecule has 43 heavy (non-hydrogen) atoms. The van der Waals surface area contributed by atoms with Crippen molar-refractivity contribution in [3.8, 4) is 11.3 Å². The highest BCUT2D eigenvalue weighted by Crippen LogP contribution is 2.28. The van der Waals surface area contributed by atoms with E-state index in [1.54, 1.807) is 47.4 Å². The first-order valence-corrected chi connectivity index (χ1v) is 14.5. The third kappa shape index (κ3) is 6.98. The number of hydrogen-bond donors (Lipinski definition) is 4. The van der Waals surface area contributed by atoms with Crippen LogP contribution >= 0.6 is 0 Å². The number of aryl methyl sites for hydroxylation is 1. The van der Waals surface area contributed by atoms with Crippen molar-refractivity contribution in [2.24, 2.45) is 0 Å². The second-order valence-corrected chi connectivity index (χ2v) is 10.6. The molecule has 0 saturated carbocycles. The fourth-order valence-electron chi connectivity index (χ4n) is 5.06. The van der Waals surface area contributed by atoms with E-state index in [0.717, 1.165) is 24.8 Å². The maximum absolute atomic E-state index is 15.7. The van der Waals surface area contributed by atoms with E-state index in [-0.39, 0.29) is 34.8 Å². The molecule has 2 amide bonds. The van der Waals surface area contributed by atoms with Gasteiger partial charge in [-0.1, -0.05) is 37.6 Å². The summed E-state index contributed by atoms with van der Waals surface area (Å²) in [5.74, 6) is -1.26. The first-order chi connectivity index (χ1) is 20.8. The lowest BCUT2D eigenvalue weighted by molar-refractivity contribution is 0.0546. The summed E-state index contributed by atoms with van der Waals surface area (Å²) in [6, 6.07) is 18.5. The minimum atomic E-state index is -0.680.